The van der Waals surface area contributed by atoms with Crippen molar-refractivity contribution in [1.29, 1.82) is 0 Å². The number of hydrogen-bond donors (Lipinski definition) is 4. The number of aromatic amines is 1. The second kappa shape index (κ2) is 10.5. The highest BCUT2D eigenvalue weighted by Crippen LogP contribution is 2.43. The van der Waals surface area contributed by atoms with Gasteiger partial charge in [-0.25, -0.2) is 0 Å². The van der Waals surface area contributed by atoms with Crippen LogP contribution in [0.1, 0.15) is 49.0 Å². The van der Waals surface area contributed by atoms with E-state index in [4.69, 9.17) is 4.74 Å². The van der Waals surface area contributed by atoms with Crippen LogP contribution in [0.5, 0.6) is 5.75 Å². The van der Waals surface area contributed by atoms with Gasteiger partial charge in [0, 0.05) is 29.9 Å². The van der Waals surface area contributed by atoms with E-state index in [0.717, 1.165) is 36.6 Å². The molecule has 0 bridgehead atoms. The van der Waals surface area contributed by atoms with Gasteiger partial charge in [0.15, 0.2) is 5.78 Å². The molecule has 10 heteroatoms. The lowest BCUT2D eigenvalue weighted by Gasteiger charge is -2.30. The molecular weight excluding hydrogens is 476 g/mol. The zero-order valence-electron chi connectivity index (χ0n) is 21.0. The van der Waals surface area contributed by atoms with Crippen molar-refractivity contribution in [3.05, 3.63) is 30.0 Å². The zero-order valence-corrected chi connectivity index (χ0v) is 21.0. The number of aliphatic hydroxyl groups excluding tert-OH is 1. The molecule has 3 aliphatic rings. The molecule has 3 heterocycles. The lowest BCUT2D eigenvalue weighted by atomic mass is 9.89. The first kappa shape index (κ1) is 25.3. The zero-order chi connectivity index (χ0) is 26.1. The fraction of sp³-hybridized carbons (Fsp3) is 0.556. The quantitative estimate of drug-likeness (QED) is 0.423. The Kier molecular flexibility index (Phi) is 7.19. The Morgan fingerprint density at radius 2 is 2.05 bits per heavy atom. The Bertz CT molecular complexity index is 1210. The van der Waals surface area contributed by atoms with Gasteiger partial charge in [-0.2, -0.15) is 0 Å². The molecule has 2 saturated heterocycles. The van der Waals surface area contributed by atoms with E-state index in [1.807, 2.05) is 18.2 Å². The Morgan fingerprint density at radius 1 is 1.22 bits per heavy atom. The van der Waals surface area contributed by atoms with E-state index in [1.54, 1.807) is 18.1 Å². The molecule has 2 aliphatic heterocycles. The van der Waals surface area contributed by atoms with E-state index in [-0.39, 0.29) is 30.1 Å². The highest BCUT2D eigenvalue weighted by molar-refractivity contribution is 6.02. The van der Waals surface area contributed by atoms with E-state index in [2.05, 4.69) is 15.6 Å². The number of likely N-dealkylation sites (tertiary alicyclic amines) is 1. The van der Waals surface area contributed by atoms with Crippen molar-refractivity contribution >= 4 is 34.4 Å². The number of aromatic nitrogens is 1. The Balaban J connectivity index is 1.38. The summed E-state index contributed by atoms with van der Waals surface area (Å²) in [5.41, 5.74) is 1.14. The molecule has 1 aromatic heterocycles. The van der Waals surface area contributed by atoms with Crippen LogP contribution in [0.25, 0.3) is 10.9 Å². The average Bonchev–Trinajstić information content (AvgIpc) is 3.62. The summed E-state index contributed by atoms with van der Waals surface area (Å²) in [7, 11) is 1.58. The highest BCUT2D eigenvalue weighted by atomic mass is 16.5. The van der Waals surface area contributed by atoms with Gasteiger partial charge in [0.05, 0.1) is 13.2 Å². The standard InChI is InChI=1S/C27H34N4O6/c1-37-23-9-3-8-19-18(23)12-21(29-19)27(36)31-13-16-5-2-7-17(16)24(31)26(35)30-20(22(33)14-32)11-15-6-4-10-28-25(15)34/h3,8-9,12,15-17,20,24,29,32H,2,4-7,10-11,13-14H2,1H3,(H,28,34)(H,30,35)/t15-,16-,17-,20?,24-/m0/s1. The highest BCUT2D eigenvalue weighted by Gasteiger charge is 2.50. The minimum absolute atomic E-state index is 0.00530. The molecule has 3 amide bonds. The maximum absolute atomic E-state index is 13.7. The molecule has 4 N–H and O–H groups in total. The topological polar surface area (TPSA) is 141 Å². The predicted molar refractivity (Wildman–Crippen MR) is 135 cm³/mol. The number of amides is 3. The number of rotatable bonds is 8. The predicted octanol–water partition coefficient (Wildman–Crippen LogP) is 1.38. The molecule has 1 saturated carbocycles. The lowest BCUT2D eigenvalue weighted by molar-refractivity contribution is -0.134. The third-order valence-corrected chi connectivity index (χ3v) is 8.27. The normalized spacial score (nSPS) is 26.0. The molecule has 1 unspecified atom stereocenters. The number of benzene rings is 1. The summed E-state index contributed by atoms with van der Waals surface area (Å²) >= 11 is 0. The molecule has 0 radical (unpaired) electrons. The second-order valence-corrected chi connectivity index (χ2v) is 10.4. The van der Waals surface area contributed by atoms with Gasteiger partial charge in [0.25, 0.3) is 5.91 Å². The SMILES string of the molecule is COc1cccc2[nH]c(C(=O)N3C[C@@H]4CCC[C@@H]4[C@H]3C(=O)NC(C[C@@H]3CCCNC3=O)C(=O)CO)cc12. The molecule has 10 nitrogen and oxygen atoms in total. The Morgan fingerprint density at radius 3 is 2.81 bits per heavy atom. The maximum atomic E-state index is 13.7. The number of piperidine rings is 1. The third-order valence-electron chi connectivity index (χ3n) is 8.27. The molecule has 37 heavy (non-hydrogen) atoms. The third kappa shape index (κ3) is 4.82. The number of nitrogens with one attached hydrogen (secondary N) is 3. The number of carbonyl (C=O) groups is 4. The first-order valence-corrected chi connectivity index (χ1v) is 13.1. The van der Waals surface area contributed by atoms with Crippen molar-refractivity contribution in [3.63, 3.8) is 0 Å². The molecule has 5 atom stereocenters. The van der Waals surface area contributed by atoms with Crippen LogP contribution < -0.4 is 15.4 Å². The van der Waals surface area contributed by atoms with Crippen molar-refractivity contribution in [1.82, 2.24) is 20.5 Å². The first-order chi connectivity index (χ1) is 17.9. The van der Waals surface area contributed by atoms with Crippen molar-refractivity contribution in [2.75, 3.05) is 26.8 Å². The summed E-state index contributed by atoms with van der Waals surface area (Å²) in [4.78, 5) is 57.0. The fourth-order valence-electron chi connectivity index (χ4n) is 6.41. The molecule has 2 aromatic rings. The van der Waals surface area contributed by atoms with Gasteiger partial charge >= 0.3 is 0 Å². The van der Waals surface area contributed by atoms with Gasteiger partial charge in [0.2, 0.25) is 11.8 Å². The van der Waals surface area contributed by atoms with Crippen molar-refractivity contribution in [2.24, 2.45) is 17.8 Å². The number of hydrogen-bond acceptors (Lipinski definition) is 6. The van der Waals surface area contributed by atoms with Gasteiger partial charge in [-0.15, -0.1) is 0 Å². The van der Waals surface area contributed by atoms with E-state index in [1.165, 1.54) is 0 Å². The van der Waals surface area contributed by atoms with E-state index >= 15 is 0 Å². The monoisotopic (exact) mass is 510 g/mol. The van der Waals surface area contributed by atoms with Crippen LogP contribution in [0, 0.1) is 17.8 Å². The molecule has 0 spiro atoms. The number of ketones is 1. The lowest BCUT2D eigenvalue weighted by Crippen LogP contribution is -2.54. The Labute approximate surface area is 215 Å². The van der Waals surface area contributed by atoms with Crippen LogP contribution in [-0.2, 0) is 14.4 Å². The summed E-state index contributed by atoms with van der Waals surface area (Å²) in [6.45, 7) is 0.343. The summed E-state index contributed by atoms with van der Waals surface area (Å²) in [6.07, 6.45) is 4.32. The van der Waals surface area contributed by atoms with E-state index in [9.17, 15) is 24.3 Å². The average molecular weight is 511 g/mol. The fourth-order valence-corrected chi connectivity index (χ4v) is 6.41. The number of Topliss-reactive ketones (excluding diaryl/α,β-unsaturated/α-hetero) is 1. The molecular formula is C27H34N4O6. The van der Waals surface area contributed by atoms with Gasteiger partial charge in [-0.3, -0.25) is 19.2 Å². The number of carbonyl (C=O) groups excluding carboxylic acids is 4. The first-order valence-electron chi connectivity index (χ1n) is 13.1. The molecule has 3 fully saturated rings. The van der Waals surface area contributed by atoms with Crippen molar-refractivity contribution in [2.45, 2.75) is 50.6 Å². The smallest absolute Gasteiger partial charge is 0.271 e. The number of nitrogens with zero attached hydrogens (tertiary/aromatic N) is 1. The summed E-state index contributed by atoms with van der Waals surface area (Å²) in [5, 5.41) is 16.0. The van der Waals surface area contributed by atoms with E-state index in [0.29, 0.717) is 31.0 Å². The van der Waals surface area contributed by atoms with Gasteiger partial charge in [-0.1, -0.05) is 12.5 Å². The van der Waals surface area contributed by atoms with E-state index < -0.39 is 36.3 Å². The second-order valence-electron chi connectivity index (χ2n) is 10.4. The molecule has 198 valence electrons. The molecule has 1 aromatic carbocycles. The van der Waals surface area contributed by atoms with Gasteiger partial charge in [0.1, 0.15) is 24.1 Å². The number of H-pyrrole nitrogens is 1. The van der Waals surface area contributed by atoms with Gasteiger partial charge < -0.3 is 30.4 Å². The molecule has 1 aliphatic carbocycles. The number of ether oxygens (including phenoxy) is 1. The summed E-state index contributed by atoms with van der Waals surface area (Å²) in [6, 6.07) is 5.58. The summed E-state index contributed by atoms with van der Waals surface area (Å²) in [5.74, 6) is -0.884. The van der Waals surface area contributed by atoms with Crippen molar-refractivity contribution < 1.29 is 29.0 Å². The Hall–Kier alpha value is -3.40. The molecule has 5 rings (SSSR count). The van der Waals surface area contributed by atoms with Crippen LogP contribution in [0.15, 0.2) is 24.3 Å². The minimum Gasteiger partial charge on any atom is -0.496 e. The van der Waals surface area contributed by atoms with Crippen LogP contribution in [0.3, 0.4) is 0 Å². The van der Waals surface area contributed by atoms with Crippen LogP contribution in [0.4, 0.5) is 0 Å². The summed E-state index contributed by atoms with van der Waals surface area (Å²) < 4.78 is 5.42. The van der Waals surface area contributed by atoms with Crippen molar-refractivity contribution in [3.8, 4) is 5.75 Å². The van der Waals surface area contributed by atoms with Crippen LogP contribution in [-0.4, -0.2) is 77.4 Å². The number of aliphatic hydroxyl groups is 1. The van der Waals surface area contributed by atoms with Gasteiger partial charge in [-0.05, 0) is 62.1 Å². The maximum Gasteiger partial charge on any atom is 0.271 e. The largest absolute Gasteiger partial charge is 0.496 e. The van der Waals surface area contributed by atoms with Crippen LogP contribution in [0.2, 0.25) is 0 Å². The van der Waals surface area contributed by atoms with Crippen LogP contribution >= 0.6 is 0 Å². The number of methoxy groups -OCH3 is 1. The number of fused-ring (bicyclic) bond motifs is 2. The minimum atomic E-state index is -0.985.